The Morgan fingerprint density at radius 3 is 2.00 bits per heavy atom. The van der Waals surface area contributed by atoms with Crippen LogP contribution in [0.25, 0.3) is 0 Å². The van der Waals surface area contributed by atoms with E-state index in [-0.39, 0.29) is 5.92 Å². The highest BCUT2D eigenvalue weighted by atomic mass is 16.3. The molecule has 0 fully saturated rings. The van der Waals surface area contributed by atoms with Gasteiger partial charge in [0.25, 0.3) is 0 Å². The van der Waals surface area contributed by atoms with Gasteiger partial charge in [0.2, 0.25) is 0 Å². The van der Waals surface area contributed by atoms with Gasteiger partial charge in [0.1, 0.15) is 0 Å². The maximum Gasteiger partial charge on any atom is 0.0920 e. The molecule has 0 spiro atoms. The average molecular weight is 170 g/mol. The third-order valence-electron chi connectivity index (χ3n) is 1.89. The van der Waals surface area contributed by atoms with Gasteiger partial charge in [0, 0.05) is 5.92 Å². The molecule has 0 aromatic carbocycles. The molecule has 2 heteroatoms. The van der Waals surface area contributed by atoms with Gasteiger partial charge in [-0.25, -0.2) is 0 Å². The van der Waals surface area contributed by atoms with Crippen molar-refractivity contribution < 1.29 is 10.2 Å². The van der Waals surface area contributed by atoms with Gasteiger partial charge in [-0.1, -0.05) is 18.2 Å². The van der Waals surface area contributed by atoms with E-state index in [9.17, 15) is 10.2 Å². The second-order valence-corrected chi connectivity index (χ2v) is 3.71. The van der Waals surface area contributed by atoms with Crippen molar-refractivity contribution in [2.24, 2.45) is 5.92 Å². The van der Waals surface area contributed by atoms with E-state index in [1.54, 1.807) is 26.8 Å². The fourth-order valence-corrected chi connectivity index (χ4v) is 1.04. The van der Waals surface area contributed by atoms with Gasteiger partial charge in [0.05, 0.1) is 11.7 Å². The molecule has 2 nitrogen and oxygen atoms in total. The molecule has 0 aliphatic carbocycles. The van der Waals surface area contributed by atoms with Crippen LogP contribution >= 0.6 is 0 Å². The lowest BCUT2D eigenvalue weighted by atomic mass is 9.86. The number of hydrogen-bond donors (Lipinski definition) is 2. The fourth-order valence-electron chi connectivity index (χ4n) is 1.04. The summed E-state index contributed by atoms with van der Waals surface area (Å²) < 4.78 is 0. The van der Waals surface area contributed by atoms with Crippen LogP contribution in [0.1, 0.15) is 20.8 Å². The molecular weight excluding hydrogens is 152 g/mol. The summed E-state index contributed by atoms with van der Waals surface area (Å²) in [4.78, 5) is 0. The standard InChI is InChI=1S/C10H18O2/c1-6-8(7(2)3)9(11)10(4,5)12/h6,8-9,11-12H,1-2H2,3-5H3. The quantitative estimate of drug-likeness (QED) is 0.628. The molecule has 2 atom stereocenters. The number of aliphatic hydroxyl groups excluding tert-OH is 1. The van der Waals surface area contributed by atoms with E-state index in [2.05, 4.69) is 13.2 Å². The van der Waals surface area contributed by atoms with Crippen LogP contribution in [0.5, 0.6) is 0 Å². The highest BCUT2D eigenvalue weighted by Gasteiger charge is 2.30. The summed E-state index contributed by atoms with van der Waals surface area (Å²) in [6.07, 6.45) is 0.762. The predicted molar refractivity (Wildman–Crippen MR) is 50.8 cm³/mol. The summed E-state index contributed by atoms with van der Waals surface area (Å²) in [5.74, 6) is -0.245. The molecule has 2 N–H and O–H groups in total. The highest BCUT2D eigenvalue weighted by molar-refractivity contribution is 5.10. The summed E-state index contributed by atoms with van der Waals surface area (Å²) in [5, 5.41) is 19.1. The third kappa shape index (κ3) is 2.80. The van der Waals surface area contributed by atoms with E-state index >= 15 is 0 Å². The van der Waals surface area contributed by atoms with Gasteiger partial charge >= 0.3 is 0 Å². The Morgan fingerprint density at radius 1 is 1.50 bits per heavy atom. The Kier molecular flexibility index (Phi) is 3.68. The van der Waals surface area contributed by atoms with Crippen LogP contribution in [0, 0.1) is 5.92 Å². The van der Waals surface area contributed by atoms with Crippen molar-refractivity contribution in [3.05, 3.63) is 24.8 Å². The second-order valence-electron chi connectivity index (χ2n) is 3.71. The number of aliphatic hydroxyl groups is 2. The van der Waals surface area contributed by atoms with Gasteiger partial charge < -0.3 is 10.2 Å². The SMILES string of the molecule is C=CC(C(=C)C)C(O)C(C)(C)O. The summed E-state index contributed by atoms with van der Waals surface area (Å²) in [7, 11) is 0. The van der Waals surface area contributed by atoms with Crippen LogP contribution in [-0.4, -0.2) is 21.9 Å². The fraction of sp³-hybridized carbons (Fsp3) is 0.600. The molecule has 0 radical (unpaired) electrons. The molecular formula is C10H18O2. The van der Waals surface area contributed by atoms with Crippen molar-refractivity contribution in [1.82, 2.24) is 0 Å². The van der Waals surface area contributed by atoms with Crippen LogP contribution < -0.4 is 0 Å². The minimum absolute atomic E-state index is 0.245. The molecule has 0 amide bonds. The number of rotatable bonds is 4. The van der Waals surface area contributed by atoms with E-state index in [1.807, 2.05) is 0 Å². The molecule has 0 aliphatic rings. The Balaban J connectivity index is 4.53. The van der Waals surface area contributed by atoms with E-state index in [0.29, 0.717) is 0 Å². The first-order chi connectivity index (χ1) is 5.30. The molecule has 0 aliphatic heterocycles. The molecule has 0 bridgehead atoms. The first-order valence-electron chi connectivity index (χ1n) is 3.99. The Hall–Kier alpha value is -0.600. The van der Waals surface area contributed by atoms with E-state index < -0.39 is 11.7 Å². The zero-order chi connectivity index (χ0) is 9.94. The van der Waals surface area contributed by atoms with Crippen molar-refractivity contribution >= 4 is 0 Å². The van der Waals surface area contributed by atoms with Gasteiger partial charge in [-0.3, -0.25) is 0 Å². The van der Waals surface area contributed by atoms with Gasteiger partial charge in [-0.05, 0) is 20.8 Å². The van der Waals surface area contributed by atoms with Crippen LogP contribution in [0.15, 0.2) is 24.8 Å². The molecule has 2 unspecified atom stereocenters. The van der Waals surface area contributed by atoms with Crippen molar-refractivity contribution in [3.63, 3.8) is 0 Å². The van der Waals surface area contributed by atoms with Crippen molar-refractivity contribution in [1.29, 1.82) is 0 Å². The monoisotopic (exact) mass is 170 g/mol. The van der Waals surface area contributed by atoms with Crippen LogP contribution in [0.2, 0.25) is 0 Å². The minimum atomic E-state index is -1.11. The maximum absolute atomic E-state index is 9.63. The van der Waals surface area contributed by atoms with E-state index in [0.717, 1.165) is 5.57 Å². The molecule has 70 valence electrons. The van der Waals surface area contributed by atoms with Crippen molar-refractivity contribution in [2.75, 3.05) is 0 Å². The predicted octanol–water partition coefficient (Wildman–Crippen LogP) is 1.50. The zero-order valence-corrected chi connectivity index (χ0v) is 8.04. The third-order valence-corrected chi connectivity index (χ3v) is 1.89. The lowest BCUT2D eigenvalue weighted by Crippen LogP contribution is -2.41. The Bertz CT molecular complexity index is 177. The normalized spacial score (nSPS) is 16.8. The average Bonchev–Trinajstić information content (AvgIpc) is 1.86. The van der Waals surface area contributed by atoms with Gasteiger partial charge in [-0.2, -0.15) is 0 Å². The van der Waals surface area contributed by atoms with Crippen LogP contribution in [-0.2, 0) is 0 Å². The molecule has 0 aromatic heterocycles. The molecule has 0 rings (SSSR count). The minimum Gasteiger partial charge on any atom is -0.389 e. The van der Waals surface area contributed by atoms with Crippen molar-refractivity contribution in [2.45, 2.75) is 32.5 Å². The van der Waals surface area contributed by atoms with Crippen molar-refractivity contribution in [3.8, 4) is 0 Å². The van der Waals surface area contributed by atoms with Crippen LogP contribution in [0.4, 0.5) is 0 Å². The first kappa shape index (κ1) is 11.4. The van der Waals surface area contributed by atoms with E-state index in [4.69, 9.17) is 0 Å². The first-order valence-corrected chi connectivity index (χ1v) is 3.99. The van der Waals surface area contributed by atoms with Gasteiger partial charge in [-0.15, -0.1) is 6.58 Å². The van der Waals surface area contributed by atoms with Crippen LogP contribution in [0.3, 0.4) is 0 Å². The Labute approximate surface area is 74.2 Å². The van der Waals surface area contributed by atoms with Gasteiger partial charge in [0.15, 0.2) is 0 Å². The topological polar surface area (TPSA) is 40.5 Å². The largest absolute Gasteiger partial charge is 0.389 e. The molecule has 0 aromatic rings. The molecule has 12 heavy (non-hydrogen) atoms. The molecule has 0 saturated carbocycles. The second kappa shape index (κ2) is 3.87. The smallest absolute Gasteiger partial charge is 0.0920 e. The summed E-state index contributed by atoms with van der Waals surface area (Å²) in [6, 6.07) is 0. The lowest BCUT2D eigenvalue weighted by Gasteiger charge is -2.30. The summed E-state index contributed by atoms with van der Waals surface area (Å²) in [5.41, 5.74) is -0.308. The maximum atomic E-state index is 9.63. The lowest BCUT2D eigenvalue weighted by molar-refractivity contribution is -0.0611. The molecule has 0 saturated heterocycles. The molecule has 0 heterocycles. The highest BCUT2D eigenvalue weighted by Crippen LogP contribution is 2.23. The summed E-state index contributed by atoms with van der Waals surface area (Å²) in [6.45, 7) is 12.2. The zero-order valence-electron chi connectivity index (χ0n) is 8.04. The summed E-state index contributed by atoms with van der Waals surface area (Å²) >= 11 is 0. The Morgan fingerprint density at radius 2 is 1.92 bits per heavy atom. The number of hydrogen-bond acceptors (Lipinski definition) is 2. The van der Waals surface area contributed by atoms with E-state index in [1.165, 1.54) is 0 Å².